The summed E-state index contributed by atoms with van der Waals surface area (Å²) < 4.78 is 5.77. The number of hydrogen-bond donors (Lipinski definition) is 2. The van der Waals surface area contributed by atoms with E-state index >= 15 is 0 Å². The lowest BCUT2D eigenvalue weighted by Gasteiger charge is -2.21. The van der Waals surface area contributed by atoms with Crippen LogP contribution in [0.4, 0.5) is 11.7 Å². The molecule has 1 atom stereocenters. The van der Waals surface area contributed by atoms with E-state index in [1.807, 2.05) is 19.1 Å². The van der Waals surface area contributed by atoms with E-state index in [1.165, 1.54) is 0 Å². The van der Waals surface area contributed by atoms with E-state index in [4.69, 9.17) is 10.2 Å². The fraction of sp³-hybridized carbons (Fsp3) is 0.500. The molecule has 0 radical (unpaired) electrons. The molecule has 0 aliphatic carbocycles. The van der Waals surface area contributed by atoms with Crippen molar-refractivity contribution in [3.63, 3.8) is 0 Å². The van der Waals surface area contributed by atoms with Gasteiger partial charge in [-0.2, -0.15) is 4.98 Å². The highest BCUT2D eigenvalue weighted by molar-refractivity contribution is 5.78. The van der Waals surface area contributed by atoms with Gasteiger partial charge < -0.3 is 20.2 Å². The van der Waals surface area contributed by atoms with Crippen LogP contribution in [-0.4, -0.2) is 28.8 Å². The van der Waals surface area contributed by atoms with Gasteiger partial charge in [0, 0.05) is 24.8 Å². The Bertz CT molecular complexity index is 591. The Morgan fingerprint density at radius 2 is 2.21 bits per heavy atom. The fourth-order valence-corrected chi connectivity index (χ4v) is 2.52. The van der Waals surface area contributed by atoms with Crippen LogP contribution in [-0.2, 0) is 0 Å². The minimum atomic E-state index is -0.578. The van der Waals surface area contributed by atoms with Crippen LogP contribution in [0.3, 0.4) is 0 Å². The largest absolute Gasteiger partial charge is 0.423 e. The van der Waals surface area contributed by atoms with E-state index in [0.717, 1.165) is 37.9 Å². The molecule has 0 saturated carbocycles. The first-order valence-electron chi connectivity index (χ1n) is 6.67. The Hall–Kier alpha value is -1.75. The van der Waals surface area contributed by atoms with Gasteiger partial charge in [-0.1, -0.05) is 0 Å². The van der Waals surface area contributed by atoms with Crippen LogP contribution in [0, 0.1) is 0 Å². The average molecular weight is 261 g/mol. The van der Waals surface area contributed by atoms with Crippen molar-refractivity contribution in [1.82, 2.24) is 4.98 Å². The molecule has 0 spiro atoms. The Kier molecular flexibility index (Phi) is 2.86. The van der Waals surface area contributed by atoms with Crippen LogP contribution in [0.1, 0.15) is 26.2 Å². The van der Waals surface area contributed by atoms with E-state index in [1.54, 1.807) is 6.07 Å². The number of benzene rings is 1. The predicted octanol–water partition coefficient (Wildman–Crippen LogP) is 2.15. The van der Waals surface area contributed by atoms with E-state index in [0.29, 0.717) is 17.3 Å². The molecule has 1 unspecified atom stereocenters. The molecule has 1 aliphatic heterocycles. The number of fused-ring (bicyclic) bond motifs is 1. The number of oxazole rings is 1. The molecule has 19 heavy (non-hydrogen) atoms. The molecule has 1 aliphatic rings. The van der Waals surface area contributed by atoms with Crippen LogP contribution in [0.25, 0.3) is 11.1 Å². The molecule has 1 fully saturated rings. The van der Waals surface area contributed by atoms with E-state index in [-0.39, 0.29) is 0 Å². The summed E-state index contributed by atoms with van der Waals surface area (Å²) in [5, 5.41) is 10.1. The number of nitrogen functional groups attached to an aromatic ring is 1. The number of nitrogens with two attached hydrogens (primary N) is 1. The maximum absolute atomic E-state index is 10.1. The van der Waals surface area contributed by atoms with Gasteiger partial charge >= 0.3 is 0 Å². The van der Waals surface area contributed by atoms with Gasteiger partial charge in [0.25, 0.3) is 6.01 Å². The number of aromatic nitrogens is 1. The zero-order valence-electron chi connectivity index (χ0n) is 11.1. The molecule has 0 amide bonds. The molecule has 102 valence electrons. The molecule has 3 rings (SSSR count). The van der Waals surface area contributed by atoms with Crippen molar-refractivity contribution in [1.29, 1.82) is 0 Å². The van der Waals surface area contributed by atoms with Crippen LogP contribution >= 0.6 is 0 Å². The molecule has 1 saturated heterocycles. The summed E-state index contributed by atoms with van der Waals surface area (Å²) >= 11 is 0. The lowest BCUT2D eigenvalue weighted by molar-refractivity contribution is 0.0481. The first kappa shape index (κ1) is 12.3. The normalized spacial score (nSPS) is 24.6. The molecule has 1 aromatic carbocycles. The van der Waals surface area contributed by atoms with Crippen molar-refractivity contribution in [2.24, 2.45) is 0 Å². The van der Waals surface area contributed by atoms with Crippen molar-refractivity contribution in [2.45, 2.75) is 31.8 Å². The van der Waals surface area contributed by atoms with Gasteiger partial charge in [-0.05, 0) is 38.3 Å². The molecular formula is C14H19N3O2. The van der Waals surface area contributed by atoms with Crippen LogP contribution in [0.5, 0.6) is 0 Å². The maximum atomic E-state index is 10.1. The molecule has 1 aromatic heterocycles. The number of aliphatic hydroxyl groups is 1. The molecule has 2 heterocycles. The summed E-state index contributed by atoms with van der Waals surface area (Å²) in [4.78, 5) is 6.58. The molecule has 3 N–H and O–H groups in total. The summed E-state index contributed by atoms with van der Waals surface area (Å²) in [6.07, 6.45) is 2.48. The van der Waals surface area contributed by atoms with Crippen LogP contribution in [0.2, 0.25) is 0 Å². The summed E-state index contributed by atoms with van der Waals surface area (Å²) in [6, 6.07) is 6.10. The minimum absolute atomic E-state index is 0.578. The van der Waals surface area contributed by atoms with E-state index < -0.39 is 5.60 Å². The van der Waals surface area contributed by atoms with Crippen LogP contribution in [0.15, 0.2) is 22.6 Å². The lowest BCUT2D eigenvalue weighted by atomic mass is 9.98. The molecular weight excluding hydrogens is 242 g/mol. The van der Waals surface area contributed by atoms with Gasteiger partial charge in [-0.3, -0.25) is 0 Å². The van der Waals surface area contributed by atoms with Crippen LogP contribution < -0.4 is 10.6 Å². The number of rotatable bonds is 1. The highest BCUT2D eigenvalue weighted by Crippen LogP contribution is 2.28. The number of nitrogens with zero attached hydrogens (tertiary/aromatic N) is 2. The van der Waals surface area contributed by atoms with Gasteiger partial charge in [-0.15, -0.1) is 0 Å². The highest BCUT2D eigenvalue weighted by Gasteiger charge is 2.26. The first-order chi connectivity index (χ1) is 9.03. The second-order valence-corrected chi connectivity index (χ2v) is 5.56. The highest BCUT2D eigenvalue weighted by atomic mass is 16.4. The van der Waals surface area contributed by atoms with E-state index in [9.17, 15) is 5.11 Å². The lowest BCUT2D eigenvalue weighted by Crippen LogP contribution is -2.28. The number of hydrogen-bond acceptors (Lipinski definition) is 5. The maximum Gasteiger partial charge on any atom is 0.298 e. The second-order valence-electron chi connectivity index (χ2n) is 5.56. The molecule has 5 nitrogen and oxygen atoms in total. The standard InChI is InChI=1S/C14H19N3O2/c1-14(18)5-2-7-17(8-6-14)13-16-11-4-3-10(15)9-12(11)19-13/h3-4,9,18H,2,5-8,15H2,1H3. The summed E-state index contributed by atoms with van der Waals surface area (Å²) in [5.74, 6) is 0. The SMILES string of the molecule is CC1(O)CCCN(c2nc3ccc(N)cc3o2)CC1. The third kappa shape index (κ3) is 2.51. The fourth-order valence-electron chi connectivity index (χ4n) is 2.52. The van der Waals surface area contributed by atoms with Crippen molar-refractivity contribution in [3.8, 4) is 0 Å². The third-order valence-corrected chi connectivity index (χ3v) is 3.74. The van der Waals surface area contributed by atoms with Gasteiger partial charge in [0.15, 0.2) is 5.58 Å². The molecule has 2 aromatic rings. The van der Waals surface area contributed by atoms with Crippen molar-refractivity contribution < 1.29 is 9.52 Å². The monoisotopic (exact) mass is 261 g/mol. The quantitative estimate of drug-likeness (QED) is 0.769. The third-order valence-electron chi connectivity index (χ3n) is 3.74. The summed E-state index contributed by atoms with van der Waals surface area (Å²) in [5.41, 5.74) is 7.37. The van der Waals surface area contributed by atoms with Gasteiger partial charge in [0.05, 0.1) is 5.60 Å². The Balaban J connectivity index is 1.87. The van der Waals surface area contributed by atoms with Crippen molar-refractivity contribution in [2.75, 3.05) is 23.7 Å². The van der Waals surface area contributed by atoms with Crippen molar-refractivity contribution in [3.05, 3.63) is 18.2 Å². The Morgan fingerprint density at radius 3 is 3.05 bits per heavy atom. The predicted molar refractivity (Wildman–Crippen MR) is 75.1 cm³/mol. The zero-order chi connectivity index (χ0) is 13.5. The van der Waals surface area contributed by atoms with Gasteiger partial charge in [-0.25, -0.2) is 0 Å². The van der Waals surface area contributed by atoms with Gasteiger partial charge in [0.2, 0.25) is 0 Å². The second kappa shape index (κ2) is 4.42. The topological polar surface area (TPSA) is 75.5 Å². The summed E-state index contributed by atoms with van der Waals surface area (Å²) in [7, 11) is 0. The van der Waals surface area contributed by atoms with Gasteiger partial charge in [0.1, 0.15) is 5.52 Å². The smallest absolute Gasteiger partial charge is 0.298 e. The first-order valence-corrected chi connectivity index (χ1v) is 6.67. The van der Waals surface area contributed by atoms with Crippen molar-refractivity contribution >= 4 is 22.8 Å². The molecule has 5 heteroatoms. The molecule has 0 bridgehead atoms. The minimum Gasteiger partial charge on any atom is -0.423 e. The Morgan fingerprint density at radius 1 is 1.37 bits per heavy atom. The van der Waals surface area contributed by atoms with E-state index in [2.05, 4.69) is 9.88 Å². The number of anilines is 2. The Labute approximate surface area is 112 Å². The zero-order valence-corrected chi connectivity index (χ0v) is 11.1. The average Bonchev–Trinajstić information content (AvgIpc) is 2.67. The summed E-state index contributed by atoms with van der Waals surface area (Å²) in [6.45, 7) is 3.51.